The standard InChI is InChI=1S/C12H17N5O2/c1-7(14-12-15-11(13)16-17-12)8-4-5-9(18-2)10(6-8)19-3/h4-7H,1-3H3,(H4,13,14,15,16,17). The molecule has 7 heteroatoms. The van der Waals surface area contributed by atoms with E-state index in [1.807, 2.05) is 25.1 Å². The molecule has 0 aliphatic rings. The number of nitrogen functional groups attached to an aromatic ring is 1. The highest BCUT2D eigenvalue weighted by Crippen LogP contribution is 2.30. The first-order valence-electron chi connectivity index (χ1n) is 5.80. The average Bonchev–Trinajstić information content (AvgIpc) is 2.83. The number of hydrogen-bond acceptors (Lipinski definition) is 6. The molecule has 0 aliphatic heterocycles. The van der Waals surface area contributed by atoms with Gasteiger partial charge in [-0.15, -0.1) is 5.10 Å². The summed E-state index contributed by atoms with van der Waals surface area (Å²) in [5, 5.41) is 9.64. The molecular weight excluding hydrogens is 246 g/mol. The molecule has 0 radical (unpaired) electrons. The third-order valence-corrected chi connectivity index (χ3v) is 2.76. The largest absolute Gasteiger partial charge is 0.493 e. The van der Waals surface area contributed by atoms with Crippen molar-refractivity contribution < 1.29 is 9.47 Å². The molecule has 102 valence electrons. The van der Waals surface area contributed by atoms with Crippen LogP contribution in [0.2, 0.25) is 0 Å². The number of anilines is 2. The minimum Gasteiger partial charge on any atom is -0.493 e. The number of H-pyrrole nitrogens is 1. The van der Waals surface area contributed by atoms with Crippen molar-refractivity contribution in [2.24, 2.45) is 0 Å². The Kier molecular flexibility index (Phi) is 3.74. The topological polar surface area (TPSA) is 98.1 Å². The molecule has 1 aromatic carbocycles. The van der Waals surface area contributed by atoms with Crippen LogP contribution in [0.1, 0.15) is 18.5 Å². The second-order valence-electron chi connectivity index (χ2n) is 4.02. The Morgan fingerprint density at radius 2 is 2.00 bits per heavy atom. The van der Waals surface area contributed by atoms with E-state index in [1.54, 1.807) is 14.2 Å². The maximum absolute atomic E-state index is 5.47. The van der Waals surface area contributed by atoms with Crippen LogP contribution >= 0.6 is 0 Å². The van der Waals surface area contributed by atoms with Crippen molar-refractivity contribution in [1.82, 2.24) is 15.2 Å². The molecule has 0 bridgehead atoms. The summed E-state index contributed by atoms with van der Waals surface area (Å²) in [4.78, 5) is 4.00. The van der Waals surface area contributed by atoms with Gasteiger partial charge < -0.3 is 20.5 Å². The van der Waals surface area contributed by atoms with Crippen LogP contribution in [0.4, 0.5) is 11.9 Å². The highest BCUT2D eigenvalue weighted by molar-refractivity contribution is 5.45. The number of nitrogens with one attached hydrogen (secondary N) is 2. The summed E-state index contributed by atoms with van der Waals surface area (Å²) in [5.74, 6) is 2.12. The Balaban J connectivity index is 2.16. The van der Waals surface area contributed by atoms with Gasteiger partial charge in [0.15, 0.2) is 11.5 Å². The molecule has 7 nitrogen and oxygen atoms in total. The summed E-state index contributed by atoms with van der Waals surface area (Å²) in [5.41, 5.74) is 6.50. The maximum Gasteiger partial charge on any atom is 0.244 e. The molecule has 19 heavy (non-hydrogen) atoms. The van der Waals surface area contributed by atoms with Gasteiger partial charge >= 0.3 is 0 Å². The molecule has 1 heterocycles. The Morgan fingerprint density at radius 1 is 1.26 bits per heavy atom. The first-order valence-corrected chi connectivity index (χ1v) is 5.80. The number of ether oxygens (including phenoxy) is 2. The van der Waals surface area contributed by atoms with Crippen LogP contribution in [0.5, 0.6) is 11.5 Å². The minimum absolute atomic E-state index is 0.00926. The highest BCUT2D eigenvalue weighted by Gasteiger charge is 2.11. The van der Waals surface area contributed by atoms with Gasteiger partial charge in [-0.05, 0) is 24.6 Å². The van der Waals surface area contributed by atoms with Crippen molar-refractivity contribution in [1.29, 1.82) is 0 Å². The molecule has 0 aliphatic carbocycles. The molecule has 2 aromatic rings. The lowest BCUT2D eigenvalue weighted by molar-refractivity contribution is 0.354. The summed E-state index contributed by atoms with van der Waals surface area (Å²) < 4.78 is 10.5. The van der Waals surface area contributed by atoms with E-state index in [2.05, 4.69) is 20.5 Å². The summed E-state index contributed by atoms with van der Waals surface area (Å²) in [6, 6.07) is 5.73. The van der Waals surface area contributed by atoms with Crippen molar-refractivity contribution in [2.45, 2.75) is 13.0 Å². The highest BCUT2D eigenvalue weighted by atomic mass is 16.5. The Bertz CT molecular complexity index is 555. The van der Waals surface area contributed by atoms with Crippen molar-refractivity contribution >= 4 is 11.9 Å². The number of hydrogen-bond donors (Lipinski definition) is 3. The van der Waals surface area contributed by atoms with Gasteiger partial charge in [0, 0.05) is 0 Å². The molecule has 4 N–H and O–H groups in total. The van der Waals surface area contributed by atoms with Crippen molar-refractivity contribution in [3.63, 3.8) is 0 Å². The first-order chi connectivity index (χ1) is 9.13. The van der Waals surface area contributed by atoms with Gasteiger partial charge in [-0.3, -0.25) is 0 Å². The van der Waals surface area contributed by atoms with E-state index in [4.69, 9.17) is 15.2 Å². The van der Waals surface area contributed by atoms with Crippen molar-refractivity contribution in [3.05, 3.63) is 23.8 Å². The maximum atomic E-state index is 5.47. The smallest absolute Gasteiger partial charge is 0.244 e. The van der Waals surface area contributed by atoms with Gasteiger partial charge in [-0.25, -0.2) is 5.10 Å². The SMILES string of the molecule is COc1ccc(C(C)Nc2n[nH]c(N)n2)cc1OC. The number of nitrogens with two attached hydrogens (primary N) is 1. The normalized spacial score (nSPS) is 11.9. The monoisotopic (exact) mass is 263 g/mol. The van der Waals surface area contributed by atoms with E-state index in [1.165, 1.54) is 0 Å². The number of methoxy groups -OCH3 is 2. The zero-order valence-electron chi connectivity index (χ0n) is 11.1. The van der Waals surface area contributed by atoms with Gasteiger partial charge in [-0.1, -0.05) is 6.07 Å². The van der Waals surface area contributed by atoms with E-state index in [-0.39, 0.29) is 12.0 Å². The van der Waals surface area contributed by atoms with Gasteiger partial charge in [0.2, 0.25) is 11.9 Å². The average molecular weight is 263 g/mol. The molecule has 1 atom stereocenters. The van der Waals surface area contributed by atoms with Crippen LogP contribution in [-0.2, 0) is 0 Å². The van der Waals surface area contributed by atoms with Crippen molar-refractivity contribution in [2.75, 3.05) is 25.3 Å². The third-order valence-electron chi connectivity index (χ3n) is 2.76. The Morgan fingerprint density at radius 3 is 2.58 bits per heavy atom. The summed E-state index contributed by atoms with van der Waals surface area (Å²) in [6.07, 6.45) is 0. The molecule has 0 fully saturated rings. The lowest BCUT2D eigenvalue weighted by Crippen LogP contribution is -2.08. The fraction of sp³-hybridized carbons (Fsp3) is 0.333. The van der Waals surface area contributed by atoms with E-state index < -0.39 is 0 Å². The van der Waals surface area contributed by atoms with E-state index in [0.717, 1.165) is 5.56 Å². The number of aromatic amines is 1. The number of nitrogens with zero attached hydrogens (tertiary/aromatic N) is 2. The molecule has 0 saturated carbocycles. The van der Waals surface area contributed by atoms with Gasteiger partial charge in [-0.2, -0.15) is 4.98 Å². The summed E-state index contributed by atoms with van der Waals surface area (Å²) in [6.45, 7) is 1.99. The van der Waals surface area contributed by atoms with Crippen LogP contribution in [0, 0.1) is 0 Å². The number of rotatable bonds is 5. The second-order valence-corrected chi connectivity index (χ2v) is 4.02. The van der Waals surface area contributed by atoms with Crippen LogP contribution in [0.25, 0.3) is 0 Å². The minimum atomic E-state index is 0.00926. The Labute approximate surface area is 111 Å². The zero-order chi connectivity index (χ0) is 13.8. The van der Waals surface area contributed by atoms with Crippen molar-refractivity contribution in [3.8, 4) is 11.5 Å². The van der Waals surface area contributed by atoms with Crippen LogP contribution in [0.15, 0.2) is 18.2 Å². The van der Waals surface area contributed by atoms with Gasteiger partial charge in [0.05, 0.1) is 20.3 Å². The van der Waals surface area contributed by atoms with E-state index in [0.29, 0.717) is 17.4 Å². The molecule has 2 rings (SSSR count). The number of aromatic nitrogens is 3. The van der Waals surface area contributed by atoms with E-state index in [9.17, 15) is 0 Å². The van der Waals surface area contributed by atoms with Gasteiger partial charge in [0.25, 0.3) is 0 Å². The third kappa shape index (κ3) is 2.87. The molecule has 0 amide bonds. The fourth-order valence-electron chi connectivity index (χ4n) is 1.74. The Hall–Kier alpha value is -2.44. The van der Waals surface area contributed by atoms with E-state index >= 15 is 0 Å². The quantitative estimate of drug-likeness (QED) is 0.757. The first kappa shape index (κ1) is 13.0. The molecule has 0 saturated heterocycles. The summed E-state index contributed by atoms with van der Waals surface area (Å²) >= 11 is 0. The van der Waals surface area contributed by atoms with Crippen LogP contribution in [-0.4, -0.2) is 29.4 Å². The predicted molar refractivity (Wildman–Crippen MR) is 72.4 cm³/mol. The molecule has 1 aromatic heterocycles. The second kappa shape index (κ2) is 5.47. The fourth-order valence-corrected chi connectivity index (χ4v) is 1.74. The zero-order valence-corrected chi connectivity index (χ0v) is 11.1. The van der Waals surface area contributed by atoms with Gasteiger partial charge in [0.1, 0.15) is 0 Å². The molecule has 1 unspecified atom stereocenters. The predicted octanol–water partition coefficient (Wildman–Crippen LogP) is 1.58. The molecular formula is C12H17N5O2. The number of benzene rings is 1. The molecule has 0 spiro atoms. The van der Waals surface area contributed by atoms with Crippen LogP contribution < -0.4 is 20.5 Å². The lowest BCUT2D eigenvalue weighted by Gasteiger charge is -2.15. The van der Waals surface area contributed by atoms with Crippen LogP contribution in [0.3, 0.4) is 0 Å². The summed E-state index contributed by atoms with van der Waals surface area (Å²) in [7, 11) is 3.21. The lowest BCUT2D eigenvalue weighted by atomic mass is 10.1.